The minimum Gasteiger partial charge on any atom is -0.323 e. The van der Waals surface area contributed by atoms with Crippen molar-refractivity contribution in [3.05, 3.63) is 74.7 Å². The van der Waals surface area contributed by atoms with Crippen LogP contribution in [0.5, 0.6) is 0 Å². The van der Waals surface area contributed by atoms with E-state index in [4.69, 9.17) is 34.8 Å². The molecule has 1 atom stereocenters. The van der Waals surface area contributed by atoms with Crippen molar-refractivity contribution >= 4 is 46.4 Å². The van der Waals surface area contributed by atoms with Crippen LogP contribution >= 0.6 is 34.8 Å². The summed E-state index contributed by atoms with van der Waals surface area (Å²) in [5.41, 5.74) is 2.66. The molecule has 2 heterocycles. The Balaban J connectivity index is 1.85. The van der Waals surface area contributed by atoms with Crippen molar-refractivity contribution in [2.75, 3.05) is 5.32 Å². The summed E-state index contributed by atoms with van der Waals surface area (Å²) in [6.07, 6.45) is 2.00. The van der Waals surface area contributed by atoms with E-state index in [1.54, 1.807) is 10.7 Å². The van der Waals surface area contributed by atoms with Gasteiger partial charge in [-0.1, -0.05) is 64.2 Å². The first kappa shape index (κ1) is 15.4. The maximum Gasteiger partial charge on any atom is 0.248 e. The maximum atomic E-state index is 6.39. The number of halogens is 3. The Morgan fingerprint density at radius 3 is 2.58 bits per heavy atom. The lowest BCUT2D eigenvalue weighted by Crippen LogP contribution is -2.20. The van der Waals surface area contributed by atoms with E-state index in [1.165, 1.54) is 0 Å². The molecule has 0 amide bonds. The Morgan fingerprint density at radius 1 is 1.00 bits per heavy atom. The lowest BCUT2D eigenvalue weighted by atomic mass is 10.0. The second kappa shape index (κ2) is 6.09. The van der Waals surface area contributed by atoms with Crippen LogP contribution in [-0.2, 0) is 0 Å². The van der Waals surface area contributed by atoms with Gasteiger partial charge in [0, 0.05) is 16.3 Å². The van der Waals surface area contributed by atoms with Gasteiger partial charge in [-0.15, -0.1) is 0 Å². The smallest absolute Gasteiger partial charge is 0.248 e. The highest BCUT2D eigenvalue weighted by atomic mass is 35.5. The number of allylic oxidation sites excluding steroid dienone is 1. The molecular formula is C16H10Cl3N5. The standard InChI is InChI=1S/C16H10Cl3N5/c17-10-6-4-9(5-7-10)13-8-14(24-16(20-13)21-22-23-24)11-2-1-3-12(18)15(11)19/h1-8,14H,(H,20,21,23). The lowest BCUT2D eigenvalue weighted by Gasteiger charge is -2.24. The first-order chi connectivity index (χ1) is 11.6. The van der Waals surface area contributed by atoms with Crippen molar-refractivity contribution < 1.29 is 0 Å². The predicted octanol–water partition coefficient (Wildman–Crippen LogP) is 4.69. The fourth-order valence-electron chi connectivity index (χ4n) is 2.62. The highest BCUT2D eigenvalue weighted by Crippen LogP contribution is 2.37. The molecule has 0 bridgehead atoms. The van der Waals surface area contributed by atoms with Crippen LogP contribution in [0.2, 0.25) is 15.1 Å². The molecule has 0 spiro atoms. The van der Waals surface area contributed by atoms with Crippen LogP contribution in [0.1, 0.15) is 17.2 Å². The van der Waals surface area contributed by atoms with Crippen LogP contribution in [0.3, 0.4) is 0 Å². The number of hydrogen-bond acceptors (Lipinski definition) is 4. The topological polar surface area (TPSA) is 55.6 Å². The molecule has 0 saturated heterocycles. The molecule has 120 valence electrons. The third kappa shape index (κ3) is 2.65. The summed E-state index contributed by atoms with van der Waals surface area (Å²) in [4.78, 5) is 0. The van der Waals surface area contributed by atoms with Gasteiger partial charge in [-0.05, 0) is 40.3 Å². The molecule has 4 rings (SSSR count). The van der Waals surface area contributed by atoms with Gasteiger partial charge in [0.1, 0.15) is 6.04 Å². The number of benzene rings is 2. The Morgan fingerprint density at radius 2 is 1.79 bits per heavy atom. The molecule has 0 fully saturated rings. The number of anilines is 1. The van der Waals surface area contributed by atoms with Crippen molar-refractivity contribution in [1.29, 1.82) is 0 Å². The Bertz CT molecular complexity index is 933. The molecule has 0 radical (unpaired) electrons. The van der Waals surface area contributed by atoms with E-state index in [-0.39, 0.29) is 6.04 Å². The number of rotatable bonds is 2. The number of nitrogens with one attached hydrogen (secondary N) is 1. The van der Waals surface area contributed by atoms with Gasteiger partial charge >= 0.3 is 0 Å². The minimum atomic E-state index is -0.270. The molecule has 8 heteroatoms. The number of aromatic nitrogens is 4. The third-order valence-corrected chi connectivity index (χ3v) is 4.87. The predicted molar refractivity (Wildman–Crippen MR) is 95.5 cm³/mol. The van der Waals surface area contributed by atoms with Gasteiger partial charge in [0.05, 0.1) is 10.0 Å². The molecule has 3 aromatic rings. The van der Waals surface area contributed by atoms with Crippen LogP contribution < -0.4 is 5.32 Å². The molecule has 0 saturated carbocycles. The first-order valence-electron chi connectivity index (χ1n) is 7.10. The van der Waals surface area contributed by atoms with Gasteiger partial charge in [0.2, 0.25) is 5.95 Å². The Kier molecular flexibility index (Phi) is 3.92. The molecule has 24 heavy (non-hydrogen) atoms. The first-order valence-corrected chi connectivity index (χ1v) is 8.23. The second-order valence-electron chi connectivity index (χ2n) is 5.25. The quantitative estimate of drug-likeness (QED) is 0.703. The van der Waals surface area contributed by atoms with Crippen LogP contribution in [0.15, 0.2) is 48.5 Å². The zero-order valence-corrected chi connectivity index (χ0v) is 14.4. The zero-order valence-electron chi connectivity index (χ0n) is 12.1. The maximum absolute atomic E-state index is 6.39. The van der Waals surface area contributed by atoms with Crippen molar-refractivity contribution in [3.8, 4) is 0 Å². The summed E-state index contributed by atoms with van der Waals surface area (Å²) in [5, 5.41) is 16.7. The van der Waals surface area contributed by atoms with Gasteiger partial charge in [-0.25, -0.2) is 0 Å². The fraction of sp³-hybridized carbons (Fsp3) is 0.0625. The van der Waals surface area contributed by atoms with Crippen molar-refractivity contribution in [2.45, 2.75) is 6.04 Å². The van der Waals surface area contributed by atoms with Crippen molar-refractivity contribution in [3.63, 3.8) is 0 Å². The normalized spacial score (nSPS) is 16.3. The number of hydrogen-bond donors (Lipinski definition) is 1. The van der Waals surface area contributed by atoms with E-state index in [2.05, 4.69) is 20.8 Å². The summed E-state index contributed by atoms with van der Waals surface area (Å²) in [5.74, 6) is 0.531. The molecular weight excluding hydrogens is 369 g/mol. The van der Waals surface area contributed by atoms with Gasteiger partial charge in [-0.3, -0.25) is 0 Å². The number of fused-ring (bicyclic) bond motifs is 1. The van der Waals surface area contributed by atoms with Gasteiger partial charge in [0.15, 0.2) is 0 Å². The molecule has 1 N–H and O–H groups in total. The Hall–Kier alpha value is -2.08. The van der Waals surface area contributed by atoms with Gasteiger partial charge in [-0.2, -0.15) is 4.68 Å². The van der Waals surface area contributed by atoms with E-state index >= 15 is 0 Å². The van der Waals surface area contributed by atoms with E-state index in [1.807, 2.05) is 42.5 Å². The van der Waals surface area contributed by atoms with E-state index in [0.717, 1.165) is 16.8 Å². The summed E-state index contributed by atoms with van der Waals surface area (Å²) < 4.78 is 1.66. The number of tetrazole rings is 1. The summed E-state index contributed by atoms with van der Waals surface area (Å²) >= 11 is 18.5. The average Bonchev–Trinajstić information content (AvgIpc) is 3.06. The van der Waals surface area contributed by atoms with Crippen LogP contribution in [-0.4, -0.2) is 20.2 Å². The van der Waals surface area contributed by atoms with Gasteiger partial charge < -0.3 is 5.32 Å². The van der Waals surface area contributed by atoms with E-state index in [9.17, 15) is 0 Å². The molecule has 1 unspecified atom stereocenters. The average molecular weight is 379 g/mol. The second-order valence-corrected chi connectivity index (χ2v) is 6.47. The van der Waals surface area contributed by atoms with Gasteiger partial charge in [0.25, 0.3) is 0 Å². The minimum absolute atomic E-state index is 0.270. The SMILES string of the molecule is Clc1ccc(C2=CC(c3cccc(Cl)c3Cl)n3nnnc3N2)cc1. The molecule has 0 aliphatic carbocycles. The molecule has 1 aromatic heterocycles. The zero-order chi connectivity index (χ0) is 16.7. The van der Waals surface area contributed by atoms with Crippen LogP contribution in [0, 0.1) is 0 Å². The fourth-order valence-corrected chi connectivity index (χ4v) is 3.17. The monoisotopic (exact) mass is 377 g/mol. The van der Waals surface area contributed by atoms with Crippen LogP contribution in [0.25, 0.3) is 5.70 Å². The van der Waals surface area contributed by atoms with E-state index < -0.39 is 0 Å². The largest absolute Gasteiger partial charge is 0.323 e. The highest BCUT2D eigenvalue weighted by molar-refractivity contribution is 6.42. The Labute approximate surface area is 152 Å². The van der Waals surface area contributed by atoms with E-state index in [0.29, 0.717) is 21.0 Å². The summed E-state index contributed by atoms with van der Waals surface area (Å²) in [7, 11) is 0. The van der Waals surface area contributed by atoms with Crippen LogP contribution in [0.4, 0.5) is 5.95 Å². The molecule has 5 nitrogen and oxygen atoms in total. The van der Waals surface area contributed by atoms with Crippen molar-refractivity contribution in [1.82, 2.24) is 20.2 Å². The summed E-state index contributed by atoms with van der Waals surface area (Å²) in [6.45, 7) is 0. The number of nitrogens with zero attached hydrogens (tertiary/aromatic N) is 4. The molecule has 2 aromatic carbocycles. The lowest BCUT2D eigenvalue weighted by molar-refractivity contribution is 0.586. The summed E-state index contributed by atoms with van der Waals surface area (Å²) in [6, 6.07) is 12.8. The molecule has 1 aliphatic rings. The van der Waals surface area contributed by atoms with Crippen molar-refractivity contribution in [2.24, 2.45) is 0 Å². The third-order valence-electron chi connectivity index (χ3n) is 3.78. The highest BCUT2D eigenvalue weighted by Gasteiger charge is 2.26. The molecule has 1 aliphatic heterocycles.